The van der Waals surface area contributed by atoms with Gasteiger partial charge in [-0.05, 0) is 36.6 Å². The molecule has 1 aromatic carbocycles. The molecule has 0 spiro atoms. The predicted molar refractivity (Wildman–Crippen MR) is 80.5 cm³/mol. The van der Waals surface area contributed by atoms with Crippen LogP contribution in [0.3, 0.4) is 0 Å². The summed E-state index contributed by atoms with van der Waals surface area (Å²) in [6.07, 6.45) is 3.11. The number of aliphatic hydroxyl groups is 1. The van der Waals surface area contributed by atoms with Gasteiger partial charge < -0.3 is 15.4 Å². The van der Waals surface area contributed by atoms with Crippen molar-refractivity contribution in [3.05, 3.63) is 35.8 Å². The van der Waals surface area contributed by atoms with E-state index < -0.39 is 5.60 Å². The van der Waals surface area contributed by atoms with Gasteiger partial charge in [0.2, 0.25) is 5.91 Å². The van der Waals surface area contributed by atoms with Crippen molar-refractivity contribution in [1.29, 1.82) is 0 Å². The summed E-state index contributed by atoms with van der Waals surface area (Å²) in [7, 11) is 0. The lowest BCUT2D eigenvalue weighted by molar-refractivity contribution is -0.121. The average Bonchev–Trinajstić information content (AvgIpc) is 2.87. The average molecular weight is 292 g/mol. The number of halogens is 1. The van der Waals surface area contributed by atoms with Crippen LogP contribution in [0.4, 0.5) is 4.39 Å². The zero-order valence-electron chi connectivity index (χ0n) is 12.4. The number of carbonyl (C=O) groups excluding carboxylic acids is 1. The molecular formula is C16H21FN2O2. The van der Waals surface area contributed by atoms with E-state index in [9.17, 15) is 14.3 Å². The van der Waals surface area contributed by atoms with Gasteiger partial charge in [-0.3, -0.25) is 4.79 Å². The van der Waals surface area contributed by atoms with E-state index in [4.69, 9.17) is 0 Å². The van der Waals surface area contributed by atoms with Crippen LogP contribution in [0.2, 0.25) is 0 Å². The minimum absolute atomic E-state index is 0.152. The Morgan fingerprint density at radius 1 is 1.38 bits per heavy atom. The maximum Gasteiger partial charge on any atom is 0.224 e. The molecule has 0 saturated carbocycles. The molecule has 0 bridgehead atoms. The summed E-state index contributed by atoms with van der Waals surface area (Å²) in [4.78, 5) is 14.9. The van der Waals surface area contributed by atoms with Crippen LogP contribution in [0.15, 0.2) is 24.4 Å². The smallest absolute Gasteiger partial charge is 0.224 e. The molecule has 0 unspecified atom stereocenters. The molecule has 0 aliphatic carbocycles. The summed E-state index contributed by atoms with van der Waals surface area (Å²) < 4.78 is 13.1. The fourth-order valence-corrected chi connectivity index (χ4v) is 2.30. The number of H-pyrrole nitrogens is 1. The monoisotopic (exact) mass is 292 g/mol. The summed E-state index contributed by atoms with van der Waals surface area (Å²) in [6.45, 7) is 4.03. The fourth-order valence-electron chi connectivity index (χ4n) is 2.30. The van der Waals surface area contributed by atoms with Crippen LogP contribution in [0, 0.1) is 5.82 Å². The highest BCUT2D eigenvalue weighted by molar-refractivity contribution is 5.88. The van der Waals surface area contributed by atoms with Gasteiger partial charge in [0.05, 0.1) is 12.0 Å². The van der Waals surface area contributed by atoms with Crippen molar-refractivity contribution in [2.75, 3.05) is 6.54 Å². The number of aromatic nitrogens is 1. The molecular weight excluding hydrogens is 271 g/mol. The van der Waals surface area contributed by atoms with E-state index in [0.717, 1.165) is 10.9 Å². The van der Waals surface area contributed by atoms with Crippen LogP contribution in [0.25, 0.3) is 10.9 Å². The van der Waals surface area contributed by atoms with Gasteiger partial charge in [-0.2, -0.15) is 0 Å². The first-order chi connectivity index (χ1) is 9.97. The first kappa shape index (κ1) is 15.5. The zero-order chi connectivity index (χ0) is 15.5. The van der Waals surface area contributed by atoms with E-state index in [0.29, 0.717) is 18.4 Å². The molecule has 21 heavy (non-hydrogen) atoms. The third-order valence-corrected chi connectivity index (χ3v) is 4.01. The van der Waals surface area contributed by atoms with Crippen LogP contribution in [-0.4, -0.2) is 28.1 Å². The highest BCUT2D eigenvalue weighted by Gasteiger charge is 2.22. The minimum Gasteiger partial charge on any atom is -0.388 e. The Morgan fingerprint density at radius 2 is 2.10 bits per heavy atom. The van der Waals surface area contributed by atoms with Crippen molar-refractivity contribution in [3.8, 4) is 0 Å². The Labute approximate surface area is 123 Å². The number of fused-ring (bicyclic) bond motifs is 1. The van der Waals surface area contributed by atoms with Gasteiger partial charge in [0.15, 0.2) is 0 Å². The SMILES string of the molecule is CCC(O)(CC)CNC(=O)Cc1c[nH]c2cc(F)ccc12. The quantitative estimate of drug-likeness (QED) is 0.766. The largest absolute Gasteiger partial charge is 0.388 e. The van der Waals surface area contributed by atoms with E-state index in [1.54, 1.807) is 12.3 Å². The van der Waals surface area contributed by atoms with Gasteiger partial charge in [0.25, 0.3) is 0 Å². The molecule has 3 N–H and O–H groups in total. The summed E-state index contributed by atoms with van der Waals surface area (Å²) in [5.74, 6) is -0.461. The number of nitrogens with one attached hydrogen (secondary N) is 2. The number of benzene rings is 1. The second-order valence-corrected chi connectivity index (χ2v) is 5.39. The van der Waals surface area contributed by atoms with Crippen LogP contribution >= 0.6 is 0 Å². The van der Waals surface area contributed by atoms with Gasteiger partial charge >= 0.3 is 0 Å². The summed E-state index contributed by atoms with van der Waals surface area (Å²) >= 11 is 0. The van der Waals surface area contributed by atoms with Crippen molar-refractivity contribution in [2.24, 2.45) is 0 Å². The predicted octanol–water partition coefficient (Wildman–Crippen LogP) is 2.52. The van der Waals surface area contributed by atoms with Gasteiger partial charge in [0, 0.05) is 23.6 Å². The first-order valence-electron chi connectivity index (χ1n) is 7.22. The molecule has 1 amide bonds. The van der Waals surface area contributed by atoms with Gasteiger partial charge in [0.1, 0.15) is 5.82 Å². The van der Waals surface area contributed by atoms with E-state index in [-0.39, 0.29) is 24.7 Å². The molecule has 2 rings (SSSR count). The third-order valence-electron chi connectivity index (χ3n) is 4.01. The van der Waals surface area contributed by atoms with Gasteiger partial charge in [-0.1, -0.05) is 13.8 Å². The number of amides is 1. The molecule has 0 aliphatic heterocycles. The molecule has 2 aromatic rings. The topological polar surface area (TPSA) is 65.1 Å². The molecule has 5 heteroatoms. The molecule has 0 saturated heterocycles. The van der Waals surface area contributed by atoms with Crippen LogP contribution in [-0.2, 0) is 11.2 Å². The molecule has 0 aliphatic rings. The maximum atomic E-state index is 13.1. The van der Waals surface area contributed by atoms with Crippen LogP contribution in [0.5, 0.6) is 0 Å². The molecule has 0 radical (unpaired) electrons. The Balaban J connectivity index is 2.02. The minimum atomic E-state index is -0.848. The van der Waals surface area contributed by atoms with Crippen molar-refractivity contribution >= 4 is 16.8 Å². The van der Waals surface area contributed by atoms with E-state index in [1.807, 2.05) is 13.8 Å². The molecule has 4 nitrogen and oxygen atoms in total. The summed E-state index contributed by atoms with van der Waals surface area (Å²) in [5.41, 5.74) is 0.648. The number of aromatic amines is 1. The lowest BCUT2D eigenvalue weighted by Gasteiger charge is -2.25. The lowest BCUT2D eigenvalue weighted by Crippen LogP contribution is -2.42. The highest BCUT2D eigenvalue weighted by Crippen LogP contribution is 2.20. The summed E-state index contributed by atoms with van der Waals surface area (Å²) in [6, 6.07) is 4.45. The third kappa shape index (κ3) is 3.61. The molecule has 1 heterocycles. The van der Waals surface area contributed by atoms with Crippen molar-refractivity contribution in [3.63, 3.8) is 0 Å². The van der Waals surface area contributed by atoms with E-state index >= 15 is 0 Å². The normalized spacial score (nSPS) is 11.8. The van der Waals surface area contributed by atoms with Crippen molar-refractivity contribution < 1.29 is 14.3 Å². The van der Waals surface area contributed by atoms with Crippen molar-refractivity contribution in [2.45, 2.75) is 38.7 Å². The number of carbonyl (C=O) groups is 1. The number of hydrogen-bond acceptors (Lipinski definition) is 2. The zero-order valence-corrected chi connectivity index (χ0v) is 12.4. The molecule has 0 atom stereocenters. The van der Waals surface area contributed by atoms with E-state index in [2.05, 4.69) is 10.3 Å². The second kappa shape index (κ2) is 6.26. The molecule has 0 fully saturated rings. The second-order valence-electron chi connectivity index (χ2n) is 5.39. The number of hydrogen-bond donors (Lipinski definition) is 3. The van der Waals surface area contributed by atoms with Gasteiger partial charge in [-0.25, -0.2) is 4.39 Å². The summed E-state index contributed by atoms with van der Waals surface area (Å²) in [5, 5.41) is 13.7. The fraction of sp³-hybridized carbons (Fsp3) is 0.438. The maximum absolute atomic E-state index is 13.1. The molecule has 114 valence electrons. The van der Waals surface area contributed by atoms with Crippen molar-refractivity contribution in [1.82, 2.24) is 10.3 Å². The Kier molecular flexibility index (Phi) is 4.63. The highest BCUT2D eigenvalue weighted by atomic mass is 19.1. The number of rotatable bonds is 6. The van der Waals surface area contributed by atoms with Gasteiger partial charge in [-0.15, -0.1) is 0 Å². The Hall–Kier alpha value is -1.88. The Morgan fingerprint density at radius 3 is 2.76 bits per heavy atom. The lowest BCUT2D eigenvalue weighted by atomic mass is 9.97. The Bertz CT molecular complexity index is 632. The standard InChI is InChI=1S/C16H21FN2O2/c1-3-16(21,4-2)10-19-15(20)7-11-9-18-14-8-12(17)5-6-13(11)14/h5-6,8-9,18,21H,3-4,7,10H2,1-2H3,(H,19,20). The van der Waals surface area contributed by atoms with Crippen LogP contribution < -0.4 is 5.32 Å². The molecule has 1 aromatic heterocycles. The van der Waals surface area contributed by atoms with Crippen LogP contribution in [0.1, 0.15) is 32.3 Å². The first-order valence-corrected chi connectivity index (χ1v) is 7.22. The van der Waals surface area contributed by atoms with E-state index in [1.165, 1.54) is 12.1 Å².